The number of benzene rings is 1. The molecule has 0 radical (unpaired) electrons. The van der Waals surface area contributed by atoms with Crippen molar-refractivity contribution in [2.24, 2.45) is 0 Å². The van der Waals surface area contributed by atoms with Gasteiger partial charge in [-0.1, -0.05) is 17.7 Å². The third-order valence-electron chi connectivity index (χ3n) is 2.39. The predicted octanol–water partition coefficient (Wildman–Crippen LogP) is 2.75. The van der Waals surface area contributed by atoms with E-state index < -0.39 is 0 Å². The molecular formula is C13H11ClN2O4. The fraction of sp³-hybridized carbons (Fsp3) is 0.154. The molecule has 0 aliphatic rings. The van der Waals surface area contributed by atoms with Gasteiger partial charge in [0.25, 0.3) is 0 Å². The Morgan fingerprint density at radius 3 is 2.35 bits per heavy atom. The molecule has 0 aliphatic heterocycles. The molecule has 0 spiro atoms. The average Bonchev–Trinajstić information content (AvgIpc) is 2.48. The Balaban J connectivity index is 2.41. The zero-order valence-corrected chi connectivity index (χ0v) is 11.5. The first-order chi connectivity index (χ1) is 9.67. The summed E-state index contributed by atoms with van der Waals surface area (Å²) < 4.78 is 15.5. The highest BCUT2D eigenvalue weighted by Gasteiger charge is 2.13. The minimum Gasteiger partial charge on any atom is -0.481 e. The van der Waals surface area contributed by atoms with Gasteiger partial charge in [-0.3, -0.25) is 4.79 Å². The zero-order valence-electron chi connectivity index (χ0n) is 10.8. The second-order valence-corrected chi connectivity index (χ2v) is 4.02. The van der Waals surface area contributed by atoms with Crippen LogP contribution in [-0.4, -0.2) is 30.5 Å². The highest BCUT2D eigenvalue weighted by atomic mass is 35.5. The molecule has 0 aliphatic carbocycles. The largest absolute Gasteiger partial charge is 0.481 e. The van der Waals surface area contributed by atoms with Crippen LogP contribution in [0.2, 0.25) is 5.02 Å². The summed E-state index contributed by atoms with van der Waals surface area (Å²) in [7, 11) is 2.91. The molecule has 1 aromatic carbocycles. The molecule has 0 saturated heterocycles. The van der Waals surface area contributed by atoms with E-state index in [9.17, 15) is 4.79 Å². The van der Waals surface area contributed by atoms with Gasteiger partial charge in [-0.2, -0.15) is 9.97 Å². The van der Waals surface area contributed by atoms with Crippen LogP contribution < -0.4 is 14.2 Å². The SMILES string of the molecule is COc1cc(OC)nc(Oc2c(Cl)cccc2C=O)n1. The Hall–Kier alpha value is -2.34. The lowest BCUT2D eigenvalue weighted by molar-refractivity contribution is 0.112. The minimum atomic E-state index is -0.0302. The predicted molar refractivity (Wildman–Crippen MR) is 72.0 cm³/mol. The highest BCUT2D eigenvalue weighted by Crippen LogP contribution is 2.32. The number of rotatable bonds is 5. The lowest BCUT2D eigenvalue weighted by Gasteiger charge is -2.10. The quantitative estimate of drug-likeness (QED) is 0.790. The summed E-state index contributed by atoms with van der Waals surface area (Å²) >= 11 is 6.00. The van der Waals surface area contributed by atoms with E-state index in [1.165, 1.54) is 20.3 Å². The molecule has 2 aromatic rings. The van der Waals surface area contributed by atoms with Crippen molar-refractivity contribution in [1.82, 2.24) is 9.97 Å². The molecule has 2 rings (SSSR count). The van der Waals surface area contributed by atoms with Crippen molar-refractivity contribution in [2.75, 3.05) is 14.2 Å². The van der Waals surface area contributed by atoms with Gasteiger partial charge in [-0.05, 0) is 12.1 Å². The van der Waals surface area contributed by atoms with Gasteiger partial charge < -0.3 is 14.2 Å². The second-order valence-electron chi connectivity index (χ2n) is 3.61. The Morgan fingerprint density at radius 2 is 1.80 bits per heavy atom. The van der Waals surface area contributed by atoms with E-state index in [4.69, 9.17) is 25.8 Å². The fourth-order valence-electron chi connectivity index (χ4n) is 1.46. The molecule has 20 heavy (non-hydrogen) atoms. The van der Waals surface area contributed by atoms with Gasteiger partial charge in [0.1, 0.15) is 0 Å². The van der Waals surface area contributed by atoms with E-state index in [1.54, 1.807) is 18.2 Å². The summed E-state index contributed by atoms with van der Waals surface area (Å²) in [5.41, 5.74) is 0.294. The molecule has 6 nitrogen and oxygen atoms in total. The van der Waals surface area contributed by atoms with E-state index in [0.717, 1.165) is 0 Å². The topological polar surface area (TPSA) is 70.5 Å². The van der Waals surface area contributed by atoms with E-state index in [0.29, 0.717) is 11.8 Å². The van der Waals surface area contributed by atoms with Gasteiger partial charge >= 0.3 is 6.01 Å². The van der Waals surface area contributed by atoms with Crippen molar-refractivity contribution >= 4 is 17.9 Å². The number of carbonyl (C=O) groups excluding carboxylic acids is 1. The number of para-hydroxylation sites is 1. The molecule has 0 amide bonds. The normalized spacial score (nSPS) is 9.95. The lowest BCUT2D eigenvalue weighted by Crippen LogP contribution is -1.99. The summed E-state index contributed by atoms with van der Waals surface area (Å²) in [6.45, 7) is 0. The summed E-state index contributed by atoms with van der Waals surface area (Å²) in [6, 6.07) is 6.29. The van der Waals surface area contributed by atoms with Crippen molar-refractivity contribution in [3.63, 3.8) is 0 Å². The first-order valence-corrected chi connectivity index (χ1v) is 5.94. The van der Waals surface area contributed by atoms with Crippen LogP contribution in [0, 0.1) is 0 Å². The maximum absolute atomic E-state index is 11.0. The van der Waals surface area contributed by atoms with Crippen LogP contribution in [0.4, 0.5) is 0 Å². The van der Waals surface area contributed by atoms with Crippen LogP contribution in [0.5, 0.6) is 23.5 Å². The van der Waals surface area contributed by atoms with Crippen LogP contribution >= 0.6 is 11.6 Å². The molecule has 104 valence electrons. The molecule has 0 unspecified atom stereocenters. The number of nitrogens with zero attached hydrogens (tertiary/aromatic N) is 2. The van der Waals surface area contributed by atoms with Crippen molar-refractivity contribution < 1.29 is 19.0 Å². The van der Waals surface area contributed by atoms with Crippen molar-refractivity contribution in [2.45, 2.75) is 0 Å². The van der Waals surface area contributed by atoms with Crippen molar-refractivity contribution in [3.8, 4) is 23.5 Å². The van der Waals surface area contributed by atoms with E-state index in [1.807, 2.05) is 0 Å². The van der Waals surface area contributed by atoms with E-state index >= 15 is 0 Å². The third kappa shape index (κ3) is 2.97. The monoisotopic (exact) mass is 294 g/mol. The van der Waals surface area contributed by atoms with Crippen molar-refractivity contribution in [1.29, 1.82) is 0 Å². The second kappa shape index (κ2) is 6.21. The molecular weight excluding hydrogens is 284 g/mol. The molecule has 0 atom stereocenters. The fourth-order valence-corrected chi connectivity index (χ4v) is 1.68. The van der Waals surface area contributed by atoms with Crippen LogP contribution in [0.25, 0.3) is 0 Å². The van der Waals surface area contributed by atoms with Gasteiger partial charge in [-0.25, -0.2) is 0 Å². The number of hydrogen-bond donors (Lipinski definition) is 0. The Kier molecular flexibility index (Phi) is 4.37. The number of aldehydes is 1. The van der Waals surface area contributed by atoms with Crippen LogP contribution in [0.1, 0.15) is 10.4 Å². The number of carbonyl (C=O) groups is 1. The van der Waals surface area contributed by atoms with Gasteiger partial charge in [-0.15, -0.1) is 0 Å². The van der Waals surface area contributed by atoms with Crippen LogP contribution in [-0.2, 0) is 0 Å². The zero-order chi connectivity index (χ0) is 14.5. The number of halogens is 1. The first kappa shape index (κ1) is 14.1. The summed E-state index contributed by atoms with van der Waals surface area (Å²) in [6.07, 6.45) is 0.638. The summed E-state index contributed by atoms with van der Waals surface area (Å²) in [5.74, 6) is 0.720. The van der Waals surface area contributed by atoms with E-state index in [-0.39, 0.29) is 28.5 Å². The molecule has 0 N–H and O–H groups in total. The van der Waals surface area contributed by atoms with Gasteiger partial charge in [0.2, 0.25) is 11.8 Å². The summed E-state index contributed by atoms with van der Waals surface area (Å²) in [5, 5.41) is 0.278. The molecule has 7 heteroatoms. The smallest absolute Gasteiger partial charge is 0.328 e. The minimum absolute atomic E-state index is 0.0302. The van der Waals surface area contributed by atoms with Crippen molar-refractivity contribution in [3.05, 3.63) is 34.9 Å². The Morgan fingerprint density at radius 1 is 1.15 bits per heavy atom. The highest BCUT2D eigenvalue weighted by molar-refractivity contribution is 6.32. The third-order valence-corrected chi connectivity index (χ3v) is 2.69. The number of methoxy groups -OCH3 is 2. The molecule has 0 saturated carbocycles. The van der Waals surface area contributed by atoms with E-state index in [2.05, 4.69) is 9.97 Å². The molecule has 0 bridgehead atoms. The molecule has 1 heterocycles. The number of hydrogen-bond acceptors (Lipinski definition) is 6. The summed E-state index contributed by atoms with van der Waals surface area (Å²) in [4.78, 5) is 19.0. The molecule has 1 aromatic heterocycles. The van der Waals surface area contributed by atoms with Gasteiger partial charge in [0, 0.05) is 0 Å². The number of aromatic nitrogens is 2. The van der Waals surface area contributed by atoms with Gasteiger partial charge in [0.05, 0.1) is 30.9 Å². The standard InChI is InChI=1S/C13H11ClN2O4/c1-18-10-6-11(19-2)16-13(15-10)20-12-8(7-17)4-3-5-9(12)14/h3-7H,1-2H3. The maximum Gasteiger partial charge on any atom is 0.328 e. The maximum atomic E-state index is 11.0. The van der Waals surface area contributed by atoms with Crippen LogP contribution in [0.15, 0.2) is 24.3 Å². The Bertz CT molecular complexity index is 612. The van der Waals surface area contributed by atoms with Gasteiger partial charge in [0.15, 0.2) is 12.0 Å². The average molecular weight is 295 g/mol. The molecule has 0 fully saturated rings. The van der Waals surface area contributed by atoms with Crippen LogP contribution in [0.3, 0.4) is 0 Å². The Labute approximate surface area is 120 Å². The first-order valence-electron chi connectivity index (χ1n) is 5.56. The lowest BCUT2D eigenvalue weighted by atomic mass is 10.2. The number of ether oxygens (including phenoxy) is 3.